The minimum absolute atomic E-state index is 0.00671. The number of aromatic nitrogens is 3. The lowest BCUT2D eigenvalue weighted by molar-refractivity contribution is -0.145. The van der Waals surface area contributed by atoms with E-state index in [-0.39, 0.29) is 13.0 Å². The average molecular weight is 360 g/mol. The summed E-state index contributed by atoms with van der Waals surface area (Å²) in [6, 6.07) is -2.19. The monoisotopic (exact) mass is 360 g/mol. The summed E-state index contributed by atoms with van der Waals surface area (Å²) in [7, 11) is -2.63. The summed E-state index contributed by atoms with van der Waals surface area (Å²) in [5.74, 6) is -2.90. The Kier molecular flexibility index (Phi) is 4.57. The molecule has 2 rings (SSSR count). The molecule has 4 N–H and O–H groups in total. The lowest BCUT2D eigenvalue weighted by Crippen LogP contribution is -2.44. The van der Waals surface area contributed by atoms with Gasteiger partial charge in [0, 0.05) is 6.54 Å². The van der Waals surface area contributed by atoms with Gasteiger partial charge in [-0.25, -0.2) is 13.1 Å². The Morgan fingerprint density at radius 3 is 2.33 bits per heavy atom. The molecule has 2 amide bonds. The molecule has 0 saturated carbocycles. The first-order valence-corrected chi connectivity index (χ1v) is 8.53. The van der Waals surface area contributed by atoms with Gasteiger partial charge in [0.2, 0.25) is 10.0 Å². The molecular formula is C11H16N6O6S. The highest BCUT2D eigenvalue weighted by Gasteiger charge is 2.47. The zero-order valence-corrected chi connectivity index (χ0v) is 13.7. The summed E-state index contributed by atoms with van der Waals surface area (Å²) in [5.41, 5.74) is 9.52. The van der Waals surface area contributed by atoms with Crippen molar-refractivity contribution in [1.82, 2.24) is 19.3 Å². The maximum atomic E-state index is 12.1. The molecule has 0 aromatic carbocycles. The van der Waals surface area contributed by atoms with Crippen molar-refractivity contribution in [3.05, 3.63) is 11.4 Å². The fraction of sp³-hybridized carbons (Fsp3) is 0.545. The lowest BCUT2D eigenvalue weighted by atomic mass is 10.1. The molecule has 12 nitrogen and oxygen atoms in total. The molecule has 2 atom stereocenters. The van der Waals surface area contributed by atoms with Crippen LogP contribution in [-0.4, -0.2) is 71.5 Å². The van der Waals surface area contributed by atoms with Crippen molar-refractivity contribution in [2.45, 2.75) is 18.5 Å². The van der Waals surface area contributed by atoms with Gasteiger partial charge in [-0.15, -0.1) is 5.10 Å². The summed E-state index contributed by atoms with van der Waals surface area (Å²) in [4.78, 5) is 35.1. The van der Waals surface area contributed by atoms with Crippen molar-refractivity contribution >= 4 is 27.8 Å². The van der Waals surface area contributed by atoms with Crippen LogP contribution in [0.3, 0.4) is 0 Å². The van der Waals surface area contributed by atoms with Gasteiger partial charge in [-0.05, 0) is 6.42 Å². The second-order valence-corrected chi connectivity index (χ2v) is 7.09. The van der Waals surface area contributed by atoms with Crippen molar-refractivity contribution < 1.29 is 27.5 Å². The molecule has 132 valence electrons. The van der Waals surface area contributed by atoms with Crippen LogP contribution >= 0.6 is 0 Å². The fourth-order valence-corrected chi connectivity index (χ4v) is 3.77. The van der Waals surface area contributed by atoms with E-state index in [0.717, 1.165) is 22.4 Å². The van der Waals surface area contributed by atoms with Gasteiger partial charge in [0.05, 0.1) is 19.4 Å². The lowest BCUT2D eigenvalue weighted by Gasteiger charge is -2.24. The van der Waals surface area contributed by atoms with Gasteiger partial charge in [0.25, 0.3) is 11.8 Å². The zero-order valence-electron chi connectivity index (χ0n) is 12.9. The number of amides is 2. The predicted octanol–water partition coefficient (Wildman–Crippen LogP) is -2.78. The van der Waals surface area contributed by atoms with E-state index >= 15 is 0 Å². The highest BCUT2D eigenvalue weighted by molar-refractivity contribution is 7.88. The van der Waals surface area contributed by atoms with E-state index in [1.807, 2.05) is 0 Å². The normalized spacial score (nSPS) is 21.6. The van der Waals surface area contributed by atoms with Crippen LogP contribution in [0.25, 0.3) is 0 Å². The van der Waals surface area contributed by atoms with Crippen molar-refractivity contribution in [3.63, 3.8) is 0 Å². The Morgan fingerprint density at radius 2 is 1.88 bits per heavy atom. The first kappa shape index (κ1) is 17.8. The number of rotatable bonds is 5. The number of sulfonamides is 1. The number of hydrogen-bond acceptors (Lipinski definition) is 8. The van der Waals surface area contributed by atoms with Crippen molar-refractivity contribution in [3.8, 4) is 0 Å². The molecule has 1 aliphatic rings. The van der Waals surface area contributed by atoms with Gasteiger partial charge in [-0.1, -0.05) is 5.21 Å². The highest BCUT2D eigenvalue weighted by atomic mass is 32.2. The number of nitrogens with zero attached hydrogens (tertiary/aromatic N) is 4. The van der Waals surface area contributed by atoms with Gasteiger partial charge >= 0.3 is 5.97 Å². The van der Waals surface area contributed by atoms with E-state index in [1.54, 1.807) is 0 Å². The Balaban J connectivity index is 2.57. The van der Waals surface area contributed by atoms with E-state index in [0.29, 0.717) is 0 Å². The molecule has 0 bridgehead atoms. The molecule has 1 saturated heterocycles. The number of ether oxygens (including phenoxy) is 1. The van der Waals surface area contributed by atoms with Crippen molar-refractivity contribution in [2.75, 3.05) is 19.9 Å². The molecular weight excluding hydrogens is 344 g/mol. The first-order chi connectivity index (χ1) is 11.1. The average Bonchev–Trinajstić information content (AvgIpc) is 3.08. The number of carbonyl (C=O) groups is 3. The van der Waals surface area contributed by atoms with Crippen LogP contribution in [-0.2, 0) is 19.6 Å². The van der Waals surface area contributed by atoms with Crippen LogP contribution in [0.4, 0.5) is 0 Å². The standard InChI is InChI=1S/C11H16N6O6S/c1-23-11(20)7-5(3-4-16(7)24(2,21)22)17-8(10(13)19)6(9(12)18)14-15-17/h5,7H,3-4H2,1-2H3,(H2,12,18)(H2,13,19). The van der Waals surface area contributed by atoms with E-state index < -0.39 is 51.3 Å². The molecule has 0 radical (unpaired) electrons. The fourth-order valence-electron chi connectivity index (χ4n) is 2.69. The maximum Gasteiger partial charge on any atom is 0.326 e. The summed E-state index contributed by atoms with van der Waals surface area (Å²) in [6.45, 7) is -0.00671. The molecule has 1 aromatic heterocycles. The van der Waals surface area contributed by atoms with Gasteiger partial charge < -0.3 is 16.2 Å². The second kappa shape index (κ2) is 6.16. The molecule has 2 heterocycles. The molecule has 24 heavy (non-hydrogen) atoms. The number of esters is 1. The van der Waals surface area contributed by atoms with Crippen LogP contribution in [0, 0.1) is 0 Å². The molecule has 0 aliphatic carbocycles. The maximum absolute atomic E-state index is 12.1. The molecule has 1 aromatic rings. The molecule has 1 aliphatic heterocycles. The van der Waals surface area contributed by atoms with Crippen LogP contribution in [0.2, 0.25) is 0 Å². The van der Waals surface area contributed by atoms with Gasteiger partial charge in [-0.2, -0.15) is 4.31 Å². The number of nitrogens with two attached hydrogens (primary N) is 2. The van der Waals surface area contributed by atoms with E-state index in [4.69, 9.17) is 11.5 Å². The van der Waals surface area contributed by atoms with Crippen molar-refractivity contribution in [1.29, 1.82) is 0 Å². The smallest absolute Gasteiger partial charge is 0.326 e. The van der Waals surface area contributed by atoms with E-state index in [9.17, 15) is 22.8 Å². The number of primary amides is 2. The van der Waals surface area contributed by atoms with Crippen molar-refractivity contribution in [2.24, 2.45) is 11.5 Å². The quantitative estimate of drug-likeness (QED) is 0.529. The predicted molar refractivity (Wildman–Crippen MR) is 78.1 cm³/mol. The van der Waals surface area contributed by atoms with Crippen LogP contribution in [0.5, 0.6) is 0 Å². The summed E-state index contributed by atoms with van der Waals surface area (Å²) >= 11 is 0. The first-order valence-electron chi connectivity index (χ1n) is 6.69. The second-order valence-electron chi connectivity index (χ2n) is 5.16. The zero-order chi connectivity index (χ0) is 18.2. The van der Waals surface area contributed by atoms with E-state index in [1.165, 1.54) is 0 Å². The molecule has 2 unspecified atom stereocenters. The third-order valence-electron chi connectivity index (χ3n) is 3.66. The van der Waals surface area contributed by atoms with E-state index in [2.05, 4.69) is 15.0 Å². The van der Waals surface area contributed by atoms with Crippen LogP contribution < -0.4 is 11.5 Å². The molecule has 0 spiro atoms. The highest BCUT2D eigenvalue weighted by Crippen LogP contribution is 2.32. The largest absolute Gasteiger partial charge is 0.468 e. The number of hydrogen-bond donors (Lipinski definition) is 2. The minimum atomic E-state index is -3.73. The number of methoxy groups -OCH3 is 1. The van der Waals surface area contributed by atoms with Gasteiger partial charge in [0.15, 0.2) is 11.4 Å². The number of carbonyl (C=O) groups excluding carboxylic acids is 3. The Morgan fingerprint density at radius 1 is 1.25 bits per heavy atom. The van der Waals surface area contributed by atoms with Crippen LogP contribution in [0.1, 0.15) is 33.4 Å². The summed E-state index contributed by atoms with van der Waals surface area (Å²) in [6.07, 6.45) is 1.07. The third kappa shape index (κ3) is 2.94. The van der Waals surface area contributed by atoms with Gasteiger partial charge in [-0.3, -0.25) is 14.4 Å². The SMILES string of the molecule is COC(=O)C1C(n2nnc(C(N)=O)c2C(N)=O)CCN1S(C)(=O)=O. The molecule has 1 fully saturated rings. The Bertz CT molecular complexity index is 802. The third-order valence-corrected chi connectivity index (χ3v) is 4.93. The Hall–Kier alpha value is -2.54. The minimum Gasteiger partial charge on any atom is -0.468 e. The summed E-state index contributed by atoms with van der Waals surface area (Å²) < 4.78 is 30.3. The molecule has 13 heteroatoms. The van der Waals surface area contributed by atoms with Gasteiger partial charge in [0.1, 0.15) is 6.04 Å². The Labute approximate surface area is 136 Å². The topological polar surface area (TPSA) is 181 Å². The summed E-state index contributed by atoms with van der Waals surface area (Å²) in [5, 5.41) is 7.17. The van der Waals surface area contributed by atoms with Crippen LogP contribution in [0.15, 0.2) is 0 Å².